The number of hydrogen-bond acceptors (Lipinski definition) is 1. The van der Waals surface area contributed by atoms with E-state index in [1.54, 1.807) is 0 Å². The minimum Gasteiger partial charge on any atom is -0.257 e. The zero-order valence-corrected chi connectivity index (χ0v) is 11.9. The maximum absolute atomic E-state index is 4.74. The highest BCUT2D eigenvalue weighted by atomic mass is 14.9. The Labute approximate surface area is 109 Å². The molecule has 0 amide bonds. The van der Waals surface area contributed by atoms with Crippen LogP contribution in [0.2, 0.25) is 0 Å². The van der Waals surface area contributed by atoms with E-state index in [4.69, 9.17) is 4.98 Å². The molecule has 0 radical (unpaired) electrons. The monoisotopic (exact) mass is 241 g/mol. The Hall–Kier alpha value is -1.70. The highest BCUT2D eigenvalue weighted by Crippen LogP contribution is 2.26. The van der Waals surface area contributed by atoms with Crippen molar-refractivity contribution in [2.24, 2.45) is 7.05 Å². The van der Waals surface area contributed by atoms with Crippen molar-refractivity contribution in [1.29, 1.82) is 0 Å². The molecule has 2 aromatic heterocycles. The molecule has 0 fully saturated rings. The summed E-state index contributed by atoms with van der Waals surface area (Å²) >= 11 is 0. The van der Waals surface area contributed by atoms with Crippen molar-refractivity contribution in [2.75, 3.05) is 0 Å². The van der Waals surface area contributed by atoms with E-state index in [-0.39, 0.29) is 0 Å². The molecule has 0 aliphatic rings. The zero-order valence-electron chi connectivity index (χ0n) is 11.9. The molecule has 2 nitrogen and oxygen atoms in total. The van der Waals surface area contributed by atoms with Gasteiger partial charge in [0.1, 0.15) is 7.05 Å². The lowest BCUT2D eigenvalue weighted by atomic mass is 9.99. The summed E-state index contributed by atoms with van der Waals surface area (Å²) in [6.07, 6.45) is 2.07. The molecule has 0 saturated carbocycles. The average Bonchev–Trinajstić information content (AvgIpc) is 2.30. The molecular formula is C16H21N2+. The summed E-state index contributed by atoms with van der Waals surface area (Å²) < 4.78 is 2.14. The molecule has 18 heavy (non-hydrogen) atoms. The predicted octanol–water partition coefficient (Wildman–Crippen LogP) is 3.31. The molecule has 0 bridgehead atoms. The second-order valence-electron chi connectivity index (χ2n) is 5.18. The molecule has 0 aromatic carbocycles. The second-order valence-corrected chi connectivity index (χ2v) is 5.18. The van der Waals surface area contributed by atoms with Gasteiger partial charge >= 0.3 is 0 Å². The van der Waals surface area contributed by atoms with Crippen LogP contribution in [0.1, 0.15) is 36.7 Å². The summed E-state index contributed by atoms with van der Waals surface area (Å²) in [5, 5.41) is 0. The molecule has 0 saturated heterocycles. The fourth-order valence-corrected chi connectivity index (χ4v) is 2.33. The summed E-state index contributed by atoms with van der Waals surface area (Å²) in [6, 6.07) is 8.47. The summed E-state index contributed by atoms with van der Waals surface area (Å²) in [6.45, 7) is 8.64. The Morgan fingerprint density at radius 1 is 1.17 bits per heavy atom. The third-order valence-electron chi connectivity index (χ3n) is 3.32. The van der Waals surface area contributed by atoms with Crippen molar-refractivity contribution >= 4 is 0 Å². The van der Waals surface area contributed by atoms with E-state index in [1.807, 2.05) is 6.07 Å². The van der Waals surface area contributed by atoms with Crippen molar-refractivity contribution in [2.45, 2.75) is 33.6 Å². The molecule has 2 heterocycles. The predicted molar refractivity (Wildman–Crippen MR) is 74.4 cm³/mol. The quantitative estimate of drug-likeness (QED) is 0.737. The fourth-order valence-electron chi connectivity index (χ4n) is 2.33. The van der Waals surface area contributed by atoms with Crippen LogP contribution < -0.4 is 4.57 Å². The molecule has 0 spiro atoms. The maximum atomic E-state index is 4.74. The van der Waals surface area contributed by atoms with E-state index >= 15 is 0 Å². The van der Waals surface area contributed by atoms with Crippen LogP contribution in [0.4, 0.5) is 0 Å². The third kappa shape index (κ3) is 2.28. The topological polar surface area (TPSA) is 16.8 Å². The first-order valence-corrected chi connectivity index (χ1v) is 6.44. The van der Waals surface area contributed by atoms with Gasteiger partial charge in [0.05, 0.1) is 11.3 Å². The van der Waals surface area contributed by atoms with Crippen molar-refractivity contribution in [3.8, 4) is 11.3 Å². The number of pyridine rings is 2. The van der Waals surface area contributed by atoms with Crippen LogP contribution in [0, 0.1) is 13.8 Å². The van der Waals surface area contributed by atoms with Crippen molar-refractivity contribution in [1.82, 2.24) is 4.98 Å². The first-order chi connectivity index (χ1) is 8.50. The van der Waals surface area contributed by atoms with E-state index in [2.05, 4.69) is 63.7 Å². The minimum absolute atomic E-state index is 0.473. The van der Waals surface area contributed by atoms with Gasteiger partial charge < -0.3 is 0 Å². The van der Waals surface area contributed by atoms with Gasteiger partial charge in [-0.1, -0.05) is 13.8 Å². The highest BCUT2D eigenvalue weighted by Gasteiger charge is 2.16. The molecule has 94 valence electrons. The first-order valence-electron chi connectivity index (χ1n) is 6.44. The Balaban J connectivity index is 2.63. The molecule has 0 atom stereocenters. The fraction of sp³-hybridized carbons (Fsp3) is 0.375. The lowest BCUT2D eigenvalue weighted by Crippen LogP contribution is -2.30. The van der Waals surface area contributed by atoms with Gasteiger partial charge in [-0.3, -0.25) is 4.98 Å². The number of hydrogen-bond donors (Lipinski definition) is 0. The van der Waals surface area contributed by atoms with Crippen LogP contribution in [0.5, 0.6) is 0 Å². The van der Waals surface area contributed by atoms with Gasteiger partial charge in [0.2, 0.25) is 5.69 Å². The van der Waals surface area contributed by atoms with Crippen molar-refractivity contribution in [3.05, 3.63) is 47.4 Å². The first kappa shape index (κ1) is 12.7. The van der Waals surface area contributed by atoms with Gasteiger partial charge in [-0.25, -0.2) is 4.57 Å². The molecule has 0 unspecified atom stereocenters. The number of aryl methyl sites for hydroxylation is 3. The molecule has 0 aliphatic heterocycles. The Kier molecular flexibility index (Phi) is 3.46. The van der Waals surface area contributed by atoms with E-state index < -0.39 is 0 Å². The standard InChI is InChI=1S/C16H21N2/c1-11(2)14-10-12(3)16(13(4)17-14)15-8-6-7-9-18(15)5/h6-11H,1-5H3/q+1. The lowest BCUT2D eigenvalue weighted by Gasteiger charge is -2.12. The maximum Gasteiger partial charge on any atom is 0.214 e. The van der Waals surface area contributed by atoms with Gasteiger partial charge in [-0.2, -0.15) is 0 Å². The second kappa shape index (κ2) is 4.89. The largest absolute Gasteiger partial charge is 0.257 e. The van der Waals surface area contributed by atoms with E-state index in [1.165, 1.54) is 22.5 Å². The van der Waals surface area contributed by atoms with Crippen LogP contribution >= 0.6 is 0 Å². The van der Waals surface area contributed by atoms with Gasteiger partial charge in [0.25, 0.3) is 0 Å². The minimum atomic E-state index is 0.473. The average molecular weight is 241 g/mol. The van der Waals surface area contributed by atoms with E-state index in [9.17, 15) is 0 Å². The number of nitrogens with zero attached hydrogens (tertiary/aromatic N) is 2. The van der Waals surface area contributed by atoms with E-state index in [0.29, 0.717) is 5.92 Å². The van der Waals surface area contributed by atoms with Gasteiger partial charge in [0, 0.05) is 17.8 Å². The Morgan fingerprint density at radius 2 is 1.89 bits per heavy atom. The van der Waals surface area contributed by atoms with E-state index in [0.717, 1.165) is 5.69 Å². The molecular weight excluding hydrogens is 220 g/mol. The van der Waals surface area contributed by atoms with Crippen LogP contribution in [0.3, 0.4) is 0 Å². The summed E-state index contributed by atoms with van der Waals surface area (Å²) in [5.41, 5.74) is 6.05. The van der Waals surface area contributed by atoms with Crippen molar-refractivity contribution < 1.29 is 4.57 Å². The van der Waals surface area contributed by atoms with Crippen molar-refractivity contribution in [3.63, 3.8) is 0 Å². The summed E-state index contributed by atoms with van der Waals surface area (Å²) in [5.74, 6) is 0.473. The number of aromatic nitrogens is 2. The Morgan fingerprint density at radius 3 is 2.44 bits per heavy atom. The number of rotatable bonds is 2. The Bertz CT molecular complexity index is 548. The normalized spacial score (nSPS) is 11.0. The molecule has 0 N–H and O–H groups in total. The summed E-state index contributed by atoms with van der Waals surface area (Å²) in [4.78, 5) is 4.74. The van der Waals surface area contributed by atoms with Crippen LogP contribution in [-0.4, -0.2) is 4.98 Å². The zero-order chi connectivity index (χ0) is 13.3. The van der Waals surface area contributed by atoms with Crippen LogP contribution in [-0.2, 0) is 7.05 Å². The van der Waals surface area contributed by atoms with Gasteiger partial charge in [0.15, 0.2) is 6.20 Å². The molecule has 0 aliphatic carbocycles. The summed E-state index contributed by atoms with van der Waals surface area (Å²) in [7, 11) is 2.07. The SMILES string of the molecule is Cc1cc(C(C)C)nc(C)c1-c1cccc[n+]1C. The highest BCUT2D eigenvalue weighted by molar-refractivity contribution is 5.63. The van der Waals surface area contributed by atoms with Crippen LogP contribution in [0.15, 0.2) is 30.5 Å². The van der Waals surface area contributed by atoms with Gasteiger partial charge in [-0.15, -0.1) is 0 Å². The molecule has 2 rings (SSSR count). The smallest absolute Gasteiger partial charge is 0.214 e. The molecule has 2 aromatic rings. The third-order valence-corrected chi connectivity index (χ3v) is 3.32. The lowest BCUT2D eigenvalue weighted by molar-refractivity contribution is -0.660. The van der Waals surface area contributed by atoms with Crippen LogP contribution in [0.25, 0.3) is 11.3 Å². The van der Waals surface area contributed by atoms with Gasteiger partial charge in [-0.05, 0) is 37.5 Å². The molecule has 2 heteroatoms.